The summed E-state index contributed by atoms with van der Waals surface area (Å²) in [4.78, 5) is 0. The summed E-state index contributed by atoms with van der Waals surface area (Å²) in [5, 5.41) is 3.46. The molecule has 0 spiro atoms. The standard InChI is InChI=1S/C16H18F4N2O/c1-15(2,3)7-9-23-13-5-4-11(17)10-12(13)22-8-6-14(21-22)16(18,19)20/h4-6,8,10H,7,9H2,1-3H3. The van der Waals surface area contributed by atoms with Crippen molar-refractivity contribution in [1.82, 2.24) is 9.78 Å². The molecule has 7 heteroatoms. The summed E-state index contributed by atoms with van der Waals surface area (Å²) >= 11 is 0. The van der Waals surface area contributed by atoms with E-state index in [4.69, 9.17) is 4.74 Å². The number of hydrogen-bond donors (Lipinski definition) is 0. The number of ether oxygens (including phenoxy) is 1. The third-order valence-electron chi connectivity index (χ3n) is 3.16. The SMILES string of the molecule is CC(C)(C)CCOc1ccc(F)cc1-n1ccc(C(F)(F)F)n1. The van der Waals surface area contributed by atoms with E-state index >= 15 is 0 Å². The van der Waals surface area contributed by atoms with Gasteiger partial charge < -0.3 is 4.74 Å². The van der Waals surface area contributed by atoms with Crippen molar-refractivity contribution in [3.05, 3.63) is 42.0 Å². The maximum atomic E-state index is 13.5. The Morgan fingerprint density at radius 1 is 1.13 bits per heavy atom. The first-order chi connectivity index (χ1) is 10.6. The maximum Gasteiger partial charge on any atom is 0.435 e. The van der Waals surface area contributed by atoms with Crippen molar-refractivity contribution in [2.24, 2.45) is 5.41 Å². The van der Waals surface area contributed by atoms with Crippen LogP contribution in [0.4, 0.5) is 17.6 Å². The molecule has 126 valence electrons. The summed E-state index contributed by atoms with van der Waals surface area (Å²) in [5.41, 5.74) is -0.855. The molecule has 0 atom stereocenters. The largest absolute Gasteiger partial charge is 0.491 e. The number of aromatic nitrogens is 2. The molecule has 0 N–H and O–H groups in total. The van der Waals surface area contributed by atoms with E-state index in [1.165, 1.54) is 12.1 Å². The smallest absolute Gasteiger partial charge is 0.435 e. The first-order valence-corrected chi connectivity index (χ1v) is 7.12. The Morgan fingerprint density at radius 3 is 2.39 bits per heavy atom. The highest BCUT2D eigenvalue weighted by Crippen LogP contribution is 2.30. The summed E-state index contributed by atoms with van der Waals surface area (Å²) in [6.07, 6.45) is -2.67. The molecule has 0 aliphatic rings. The van der Waals surface area contributed by atoms with Crippen molar-refractivity contribution in [2.45, 2.75) is 33.4 Å². The van der Waals surface area contributed by atoms with Gasteiger partial charge in [0.15, 0.2) is 5.69 Å². The van der Waals surface area contributed by atoms with Gasteiger partial charge in [0.1, 0.15) is 17.3 Å². The van der Waals surface area contributed by atoms with Gasteiger partial charge >= 0.3 is 6.18 Å². The number of benzene rings is 1. The van der Waals surface area contributed by atoms with Gasteiger partial charge in [0, 0.05) is 12.3 Å². The van der Waals surface area contributed by atoms with Gasteiger partial charge in [-0.15, -0.1) is 0 Å². The van der Waals surface area contributed by atoms with Crippen LogP contribution in [-0.4, -0.2) is 16.4 Å². The fraction of sp³-hybridized carbons (Fsp3) is 0.438. The lowest BCUT2D eigenvalue weighted by atomic mass is 9.93. The molecule has 0 fully saturated rings. The Morgan fingerprint density at radius 2 is 1.83 bits per heavy atom. The molecule has 0 radical (unpaired) electrons. The summed E-state index contributed by atoms with van der Waals surface area (Å²) in [7, 11) is 0. The van der Waals surface area contributed by atoms with E-state index in [9.17, 15) is 17.6 Å². The quantitative estimate of drug-likeness (QED) is 0.750. The number of hydrogen-bond acceptors (Lipinski definition) is 2. The van der Waals surface area contributed by atoms with Crippen LogP contribution in [0.3, 0.4) is 0 Å². The predicted molar refractivity (Wildman–Crippen MR) is 78.1 cm³/mol. The molecule has 1 aromatic heterocycles. The minimum absolute atomic E-state index is 0.0509. The number of nitrogens with zero attached hydrogens (tertiary/aromatic N) is 2. The van der Waals surface area contributed by atoms with E-state index in [0.717, 1.165) is 29.4 Å². The average molecular weight is 330 g/mol. The van der Waals surface area contributed by atoms with Crippen molar-refractivity contribution in [3.63, 3.8) is 0 Å². The molecular formula is C16H18F4N2O. The molecule has 2 rings (SSSR count). The molecule has 0 saturated carbocycles. The Balaban J connectivity index is 2.27. The molecular weight excluding hydrogens is 312 g/mol. The molecule has 0 unspecified atom stereocenters. The molecule has 0 aliphatic carbocycles. The zero-order chi connectivity index (χ0) is 17.3. The molecule has 23 heavy (non-hydrogen) atoms. The van der Waals surface area contributed by atoms with Crippen molar-refractivity contribution >= 4 is 0 Å². The van der Waals surface area contributed by atoms with Crippen molar-refractivity contribution in [1.29, 1.82) is 0 Å². The van der Waals surface area contributed by atoms with E-state index in [1.54, 1.807) is 0 Å². The van der Waals surface area contributed by atoms with E-state index < -0.39 is 17.7 Å². The lowest BCUT2D eigenvalue weighted by molar-refractivity contribution is -0.141. The average Bonchev–Trinajstić information content (AvgIpc) is 2.88. The molecule has 0 saturated heterocycles. The van der Waals surface area contributed by atoms with Gasteiger partial charge in [0.05, 0.1) is 6.61 Å². The Bertz CT molecular complexity index is 671. The molecule has 2 aromatic rings. The topological polar surface area (TPSA) is 27.1 Å². The van der Waals surface area contributed by atoms with Gasteiger partial charge in [-0.2, -0.15) is 18.3 Å². The van der Waals surface area contributed by atoms with Gasteiger partial charge in [0.25, 0.3) is 0 Å². The van der Waals surface area contributed by atoms with Crippen LogP contribution in [0.1, 0.15) is 32.9 Å². The normalized spacial score (nSPS) is 12.5. The van der Waals surface area contributed by atoms with Crippen LogP contribution in [0.15, 0.2) is 30.5 Å². The van der Waals surface area contributed by atoms with Gasteiger partial charge in [-0.25, -0.2) is 9.07 Å². The summed E-state index contributed by atoms with van der Waals surface area (Å²) < 4.78 is 58.0. The second-order valence-corrected chi connectivity index (χ2v) is 6.41. The molecule has 0 aliphatic heterocycles. The van der Waals surface area contributed by atoms with Crippen LogP contribution in [0.2, 0.25) is 0 Å². The van der Waals surface area contributed by atoms with E-state index in [1.807, 2.05) is 20.8 Å². The first kappa shape index (κ1) is 17.3. The minimum Gasteiger partial charge on any atom is -0.491 e. The number of alkyl halides is 3. The Labute approximate surface area is 131 Å². The van der Waals surface area contributed by atoms with Crippen molar-refractivity contribution in [3.8, 4) is 11.4 Å². The van der Waals surface area contributed by atoms with Crippen LogP contribution in [-0.2, 0) is 6.18 Å². The second kappa shape index (κ2) is 6.22. The third kappa shape index (κ3) is 4.71. The molecule has 1 heterocycles. The Kier molecular flexibility index (Phi) is 4.68. The second-order valence-electron chi connectivity index (χ2n) is 6.41. The highest BCUT2D eigenvalue weighted by atomic mass is 19.4. The van der Waals surface area contributed by atoms with Crippen molar-refractivity contribution in [2.75, 3.05) is 6.61 Å². The summed E-state index contributed by atoms with van der Waals surface area (Å²) in [5.74, 6) is -0.292. The Hall–Kier alpha value is -2.05. The molecule has 0 amide bonds. The van der Waals surface area contributed by atoms with Crippen LogP contribution >= 0.6 is 0 Å². The fourth-order valence-corrected chi connectivity index (χ4v) is 1.87. The summed E-state index contributed by atoms with van der Waals surface area (Å²) in [6.45, 7) is 6.51. The van der Waals surface area contributed by atoms with Crippen LogP contribution in [0.5, 0.6) is 5.75 Å². The van der Waals surface area contributed by atoms with Gasteiger partial charge in [-0.3, -0.25) is 0 Å². The van der Waals surface area contributed by atoms with Gasteiger partial charge in [-0.05, 0) is 30.0 Å². The maximum absolute atomic E-state index is 13.5. The zero-order valence-electron chi connectivity index (χ0n) is 13.1. The highest BCUT2D eigenvalue weighted by molar-refractivity contribution is 5.46. The lowest BCUT2D eigenvalue weighted by Gasteiger charge is -2.19. The summed E-state index contributed by atoms with van der Waals surface area (Å²) in [6, 6.07) is 4.52. The molecule has 0 bridgehead atoms. The zero-order valence-corrected chi connectivity index (χ0v) is 13.1. The predicted octanol–water partition coefficient (Wildman–Crippen LogP) is 4.85. The van der Waals surface area contributed by atoms with E-state index in [0.29, 0.717) is 6.61 Å². The van der Waals surface area contributed by atoms with Crippen molar-refractivity contribution < 1.29 is 22.3 Å². The minimum atomic E-state index is -4.55. The number of rotatable bonds is 4. The van der Waals surface area contributed by atoms with E-state index in [2.05, 4.69) is 5.10 Å². The monoisotopic (exact) mass is 330 g/mol. The third-order valence-corrected chi connectivity index (χ3v) is 3.16. The molecule has 1 aromatic carbocycles. The van der Waals surface area contributed by atoms with E-state index in [-0.39, 0.29) is 16.9 Å². The van der Waals surface area contributed by atoms with Crippen LogP contribution in [0, 0.1) is 11.2 Å². The molecule has 3 nitrogen and oxygen atoms in total. The van der Waals surface area contributed by atoms with Crippen LogP contribution in [0.25, 0.3) is 5.69 Å². The first-order valence-electron chi connectivity index (χ1n) is 7.12. The highest BCUT2D eigenvalue weighted by Gasteiger charge is 2.33. The van der Waals surface area contributed by atoms with Gasteiger partial charge in [0.2, 0.25) is 0 Å². The lowest BCUT2D eigenvalue weighted by Crippen LogP contribution is -2.12. The van der Waals surface area contributed by atoms with Gasteiger partial charge in [-0.1, -0.05) is 20.8 Å². The van der Waals surface area contributed by atoms with Crippen LogP contribution < -0.4 is 4.74 Å². The fourth-order valence-electron chi connectivity index (χ4n) is 1.87. The number of halogens is 4.